The van der Waals surface area contributed by atoms with Gasteiger partial charge >= 0.3 is 0 Å². The van der Waals surface area contributed by atoms with E-state index in [0.29, 0.717) is 32.4 Å². The van der Waals surface area contributed by atoms with E-state index in [0.717, 1.165) is 28.9 Å². The normalized spacial score (nSPS) is 10.6. The number of carbonyl (C=O) groups is 3. The minimum absolute atomic E-state index is 0.0823. The molecule has 0 spiro atoms. The van der Waals surface area contributed by atoms with E-state index in [1.165, 1.54) is 16.7 Å². The summed E-state index contributed by atoms with van der Waals surface area (Å²) in [5, 5.41) is 3.46. The molecule has 1 heterocycles. The van der Waals surface area contributed by atoms with E-state index in [1.54, 1.807) is 13.8 Å². The standard InChI is InChI=1S/C17H19NO.C17H17NO.C16H15NO.9C2H6.3CH3Br/c2*1-14(19)12-17(16-10-6-3-7-11-16)18-13-15-8-4-2-5-9-15;18-16-11-15(14-9-5-2-6-10-14)17(16)12-13-7-3-1-4-8-13;12*1-2/h2-11,17-18H,12-13H2,1H3;2-11H,12-13H2,1H3;1-10,15H,11-12H2;9*1-2H3;3*1H3/t17-;;15-;;;;;;;;;;;;/m0.0............/s1. The largest absolute Gasteiger partial charge is 0.331 e. The van der Waals surface area contributed by atoms with Crippen molar-refractivity contribution in [1.82, 2.24) is 10.2 Å². The Morgan fingerprint density at radius 2 is 0.812 bits per heavy atom. The second-order valence-electron chi connectivity index (χ2n) is 13.9. The lowest BCUT2D eigenvalue weighted by atomic mass is 9.93. The Morgan fingerprint density at radius 3 is 1.18 bits per heavy atom. The number of hydrogen-bond acceptors (Lipinski definition) is 5. The second kappa shape index (κ2) is 76.3. The van der Waals surface area contributed by atoms with E-state index in [2.05, 4.69) is 107 Å². The molecule has 9 heteroatoms. The number of amides is 1. The number of hydrogen-bond donors (Lipinski definition) is 1. The molecule has 1 N–H and O–H groups in total. The molecule has 1 amide bonds. The van der Waals surface area contributed by atoms with Crippen LogP contribution in [-0.4, -0.2) is 45.6 Å². The predicted molar refractivity (Wildman–Crippen MR) is 374 cm³/mol. The summed E-state index contributed by atoms with van der Waals surface area (Å²) in [6.45, 7) is 41.3. The third-order valence-corrected chi connectivity index (χ3v) is 9.35. The molecule has 7 rings (SSSR count). The summed E-state index contributed by atoms with van der Waals surface area (Å²) in [5.41, 5.74) is 7.84. The highest BCUT2D eigenvalue weighted by Gasteiger charge is 2.36. The number of rotatable bonds is 14. The highest BCUT2D eigenvalue weighted by Crippen LogP contribution is 2.35. The molecule has 0 unspecified atom stereocenters. The Balaban J connectivity index is -0.000000136. The van der Waals surface area contributed by atoms with Gasteiger partial charge in [0, 0.05) is 37.7 Å². The maximum absolute atomic E-state index is 11.7. The van der Waals surface area contributed by atoms with Crippen LogP contribution < -0.4 is 5.32 Å². The Bertz CT molecular complexity index is 2110. The highest BCUT2D eigenvalue weighted by molar-refractivity contribution is 9.09. The van der Waals surface area contributed by atoms with Gasteiger partial charge in [-0.1, -0.05) is 354 Å². The zero-order chi connectivity index (χ0) is 63.4. The van der Waals surface area contributed by atoms with Crippen LogP contribution >= 0.6 is 47.8 Å². The Kier molecular flexibility index (Phi) is 87.4. The molecule has 6 nitrogen and oxygen atoms in total. The molecular weight excluding hydrogens is 1180 g/mol. The molecule has 1 fully saturated rings. The van der Waals surface area contributed by atoms with Crippen LogP contribution in [0, 0.1) is 0 Å². The van der Waals surface area contributed by atoms with Crippen LogP contribution in [0.15, 0.2) is 187 Å². The fourth-order valence-corrected chi connectivity index (χ4v) is 6.41. The van der Waals surface area contributed by atoms with Gasteiger partial charge in [-0.3, -0.25) is 19.4 Å². The molecular formula is C71H114Br3N3O3. The molecule has 1 aliphatic rings. The second-order valence-corrected chi connectivity index (χ2v) is 13.9. The van der Waals surface area contributed by atoms with Crippen molar-refractivity contribution in [2.45, 2.75) is 189 Å². The molecule has 0 bridgehead atoms. The number of alkyl halides is 3. The fourth-order valence-electron chi connectivity index (χ4n) is 6.41. The van der Waals surface area contributed by atoms with Crippen molar-refractivity contribution in [3.05, 3.63) is 215 Å². The lowest BCUT2D eigenvalue weighted by Gasteiger charge is -2.41. The maximum Gasteiger partial charge on any atom is 0.225 e. The molecule has 0 saturated carbocycles. The zero-order valence-electron chi connectivity index (χ0n) is 54.5. The van der Waals surface area contributed by atoms with Gasteiger partial charge < -0.3 is 10.2 Å². The van der Waals surface area contributed by atoms with E-state index in [9.17, 15) is 14.4 Å². The first kappa shape index (κ1) is 91.7. The van der Waals surface area contributed by atoms with E-state index in [-0.39, 0.29) is 29.6 Å². The number of nitrogens with zero attached hydrogens (tertiary/aromatic N) is 2. The van der Waals surface area contributed by atoms with Gasteiger partial charge in [0.25, 0.3) is 0 Å². The van der Waals surface area contributed by atoms with E-state index < -0.39 is 0 Å². The molecule has 1 saturated heterocycles. The van der Waals surface area contributed by atoms with Gasteiger partial charge in [-0.05, 0) is 64.7 Å². The van der Waals surface area contributed by atoms with Gasteiger partial charge in [0.2, 0.25) is 5.91 Å². The number of β-lactam (4-membered cyclic amide) rings is 1. The number of ketones is 2. The SMILES string of the molecule is CBr.CBr.CBr.CC.CC.CC.CC.CC.CC.CC.CC.CC.CC(=O)CC(=NCc1ccccc1)c1ccccc1.CC(=O)C[C@H](NCc1ccccc1)c1ccccc1.O=C1C[C@@H](c2ccccc2)N1Cc1ccccc1. The van der Waals surface area contributed by atoms with Gasteiger partial charge in [-0.25, -0.2) is 0 Å². The molecule has 452 valence electrons. The minimum atomic E-state index is 0.0823. The number of carbonyl (C=O) groups excluding carboxylic acids is 3. The summed E-state index contributed by atoms with van der Waals surface area (Å²) < 4.78 is 0. The summed E-state index contributed by atoms with van der Waals surface area (Å²) in [4.78, 5) is 41.1. The average Bonchev–Trinajstić information content (AvgIpc) is 3.57. The number of benzene rings is 6. The van der Waals surface area contributed by atoms with Gasteiger partial charge in [0.15, 0.2) is 0 Å². The topological polar surface area (TPSA) is 78.8 Å². The smallest absolute Gasteiger partial charge is 0.225 e. The quantitative estimate of drug-likeness (QED) is 0.0670. The summed E-state index contributed by atoms with van der Waals surface area (Å²) in [6.07, 6.45) is 1.55. The van der Waals surface area contributed by atoms with Gasteiger partial charge in [0.05, 0.1) is 19.0 Å². The van der Waals surface area contributed by atoms with Crippen LogP contribution in [0.1, 0.15) is 203 Å². The van der Waals surface area contributed by atoms with Crippen LogP contribution in [0.5, 0.6) is 0 Å². The number of nitrogens with one attached hydrogen (secondary N) is 1. The van der Waals surface area contributed by atoms with Crippen molar-refractivity contribution in [2.75, 3.05) is 17.5 Å². The van der Waals surface area contributed by atoms with Gasteiger partial charge in [-0.15, -0.1) is 0 Å². The minimum Gasteiger partial charge on any atom is -0.331 e. The molecule has 0 aromatic heterocycles. The Morgan fingerprint density at radius 1 is 0.475 bits per heavy atom. The monoisotopic (exact) mass is 1290 g/mol. The van der Waals surface area contributed by atoms with Crippen molar-refractivity contribution in [1.29, 1.82) is 0 Å². The van der Waals surface area contributed by atoms with Gasteiger partial charge in [-0.2, -0.15) is 0 Å². The lowest BCUT2D eigenvalue weighted by Crippen LogP contribution is -2.45. The Hall–Kier alpha value is -4.80. The molecule has 80 heavy (non-hydrogen) atoms. The predicted octanol–water partition coefficient (Wildman–Crippen LogP) is 22.6. The molecule has 0 radical (unpaired) electrons. The molecule has 6 aromatic carbocycles. The molecule has 1 aliphatic heterocycles. The van der Waals surface area contributed by atoms with E-state index in [4.69, 9.17) is 0 Å². The summed E-state index contributed by atoms with van der Waals surface area (Å²) in [7, 11) is 0. The maximum atomic E-state index is 11.7. The van der Waals surface area contributed by atoms with Crippen LogP contribution in [0.25, 0.3) is 0 Å². The Labute approximate surface area is 519 Å². The number of aliphatic imine (C=N–C) groups is 1. The van der Waals surface area contributed by atoms with Crippen molar-refractivity contribution in [3.8, 4) is 0 Å². The van der Waals surface area contributed by atoms with E-state index >= 15 is 0 Å². The van der Waals surface area contributed by atoms with Crippen molar-refractivity contribution < 1.29 is 14.4 Å². The molecule has 6 aromatic rings. The van der Waals surface area contributed by atoms with Crippen LogP contribution in [0.3, 0.4) is 0 Å². The van der Waals surface area contributed by atoms with Crippen molar-refractivity contribution >= 4 is 71.0 Å². The number of Topliss-reactive ketones (excluding diaryl/α,β-unsaturated/α-hetero) is 2. The summed E-state index contributed by atoms with van der Waals surface area (Å²) in [6, 6.07) is 61.0. The fraction of sp³-hybridized carbons (Fsp3) is 0.437. The number of halogens is 3. The van der Waals surface area contributed by atoms with Crippen LogP contribution in [0.2, 0.25) is 0 Å². The zero-order valence-corrected chi connectivity index (χ0v) is 59.2. The van der Waals surface area contributed by atoms with Crippen molar-refractivity contribution in [2.24, 2.45) is 4.99 Å². The van der Waals surface area contributed by atoms with Gasteiger partial charge in [0.1, 0.15) is 11.6 Å². The summed E-state index contributed by atoms with van der Waals surface area (Å²) >= 11 is 8.81. The molecule has 2 atom stereocenters. The number of likely N-dealkylation sites (tertiary alicyclic amines) is 1. The highest BCUT2D eigenvalue weighted by atomic mass is 79.9. The summed E-state index contributed by atoms with van der Waals surface area (Å²) in [5.74, 6) is 6.02. The van der Waals surface area contributed by atoms with Crippen LogP contribution in [0.4, 0.5) is 0 Å². The average molecular weight is 1300 g/mol. The molecule has 0 aliphatic carbocycles. The first-order chi connectivity index (χ1) is 39.4. The third-order valence-electron chi connectivity index (χ3n) is 9.35. The van der Waals surface area contributed by atoms with Crippen molar-refractivity contribution in [3.63, 3.8) is 0 Å². The van der Waals surface area contributed by atoms with E-state index in [1.807, 2.05) is 280 Å². The first-order valence-corrected chi connectivity index (χ1v) is 34.1. The van der Waals surface area contributed by atoms with Crippen LogP contribution in [-0.2, 0) is 34.0 Å². The first-order valence-electron chi connectivity index (χ1n) is 29.3. The lowest BCUT2D eigenvalue weighted by molar-refractivity contribution is -0.147. The third kappa shape index (κ3) is 48.0.